The monoisotopic (exact) mass is 330 g/mol. The number of hydrogen-bond acceptors (Lipinski definition) is 4. The Morgan fingerprint density at radius 1 is 1.26 bits per heavy atom. The van der Waals surface area contributed by atoms with Crippen molar-refractivity contribution in [1.82, 2.24) is 9.55 Å². The molecular weight excluding hydrogens is 320 g/mol. The van der Waals surface area contributed by atoms with Crippen LogP contribution in [0.2, 0.25) is 5.02 Å². The maximum absolute atomic E-state index is 11.9. The van der Waals surface area contributed by atoms with Crippen LogP contribution in [0.25, 0.3) is 22.3 Å². The van der Waals surface area contributed by atoms with Crippen LogP contribution >= 0.6 is 11.6 Å². The number of carbonyl (C=O) groups excluding carboxylic acids is 1. The lowest BCUT2D eigenvalue weighted by molar-refractivity contribution is 0.0601. The average Bonchev–Trinajstić information content (AvgIpc) is 2.92. The van der Waals surface area contributed by atoms with E-state index in [0.29, 0.717) is 15.9 Å². The fraction of sp³-hybridized carbons (Fsp3) is 0.0625. The van der Waals surface area contributed by atoms with Crippen LogP contribution in [0.15, 0.2) is 42.6 Å². The van der Waals surface area contributed by atoms with Crippen LogP contribution in [0.1, 0.15) is 10.4 Å². The molecule has 3 rings (SSSR count). The number of rotatable bonds is 2. The zero-order chi connectivity index (χ0) is 16.6. The molecule has 0 aliphatic rings. The van der Waals surface area contributed by atoms with Crippen molar-refractivity contribution in [2.24, 2.45) is 0 Å². The zero-order valence-electron chi connectivity index (χ0n) is 12.0. The summed E-state index contributed by atoms with van der Waals surface area (Å²) in [6.45, 7) is 0. The summed E-state index contributed by atoms with van der Waals surface area (Å²) in [6, 6.07) is 9.61. The van der Waals surface area contributed by atoms with Crippen molar-refractivity contribution in [1.29, 1.82) is 0 Å². The van der Waals surface area contributed by atoms with E-state index in [1.54, 1.807) is 30.3 Å². The van der Waals surface area contributed by atoms with Gasteiger partial charge in [-0.3, -0.25) is 4.98 Å². The molecule has 0 saturated heterocycles. The van der Waals surface area contributed by atoms with E-state index in [2.05, 4.69) is 4.98 Å². The summed E-state index contributed by atoms with van der Waals surface area (Å²) < 4.78 is 5.81. The Morgan fingerprint density at radius 3 is 2.74 bits per heavy atom. The second-order valence-corrected chi connectivity index (χ2v) is 5.18. The van der Waals surface area contributed by atoms with Crippen molar-refractivity contribution in [3.8, 4) is 11.4 Å². The van der Waals surface area contributed by atoms with Crippen LogP contribution in [0, 0.1) is 0 Å². The van der Waals surface area contributed by atoms with Crippen LogP contribution < -0.4 is 0 Å². The number of nitrogens with zero attached hydrogens (tertiary/aromatic N) is 2. The van der Waals surface area contributed by atoms with Crippen molar-refractivity contribution in [2.75, 3.05) is 7.11 Å². The number of esters is 1. The number of aromatic nitrogens is 2. The Labute approximate surface area is 135 Å². The van der Waals surface area contributed by atoms with Crippen LogP contribution in [0.4, 0.5) is 4.79 Å². The fourth-order valence-electron chi connectivity index (χ4n) is 2.45. The molecule has 0 spiro atoms. The molecule has 1 N–H and O–H groups in total. The van der Waals surface area contributed by atoms with Gasteiger partial charge in [0.2, 0.25) is 0 Å². The van der Waals surface area contributed by atoms with Gasteiger partial charge in [0.25, 0.3) is 0 Å². The van der Waals surface area contributed by atoms with Crippen molar-refractivity contribution in [3.63, 3.8) is 0 Å². The molecule has 0 bridgehead atoms. The van der Waals surface area contributed by atoms with Gasteiger partial charge in [-0.05, 0) is 36.4 Å². The molecule has 2 heterocycles. The smallest absolute Gasteiger partial charge is 0.416 e. The molecule has 0 saturated carbocycles. The minimum atomic E-state index is -1.18. The molecule has 7 heteroatoms. The van der Waals surface area contributed by atoms with Gasteiger partial charge in [0, 0.05) is 16.6 Å². The molecule has 116 valence electrons. The van der Waals surface area contributed by atoms with Gasteiger partial charge in [-0.1, -0.05) is 11.6 Å². The highest BCUT2D eigenvalue weighted by Gasteiger charge is 2.22. The van der Waals surface area contributed by atoms with E-state index in [-0.39, 0.29) is 17.0 Å². The first-order chi connectivity index (χ1) is 11.0. The average molecular weight is 331 g/mol. The van der Waals surface area contributed by atoms with E-state index in [1.807, 2.05) is 0 Å². The summed E-state index contributed by atoms with van der Waals surface area (Å²) in [7, 11) is 1.26. The Balaban J connectivity index is 2.35. The predicted molar refractivity (Wildman–Crippen MR) is 84.9 cm³/mol. The highest BCUT2D eigenvalue weighted by atomic mass is 35.5. The third kappa shape index (κ3) is 2.53. The molecular formula is C16H11ClN2O4. The number of fused-ring (bicyclic) bond motifs is 1. The van der Waals surface area contributed by atoms with E-state index >= 15 is 0 Å². The minimum absolute atomic E-state index is 0.186. The van der Waals surface area contributed by atoms with Gasteiger partial charge < -0.3 is 9.84 Å². The number of benzene rings is 1. The topological polar surface area (TPSA) is 81.4 Å². The number of ether oxygens (including phenoxy) is 1. The summed E-state index contributed by atoms with van der Waals surface area (Å²) in [4.78, 5) is 27.8. The van der Waals surface area contributed by atoms with Gasteiger partial charge in [-0.2, -0.15) is 0 Å². The SMILES string of the molecule is COC(=O)c1cccnc1-c1cc2cc(Cl)ccc2n1C(=O)O. The van der Waals surface area contributed by atoms with Gasteiger partial charge in [0.15, 0.2) is 0 Å². The second kappa shape index (κ2) is 5.73. The standard InChI is InChI=1S/C16H11ClN2O4/c1-23-15(20)11-3-2-6-18-14(11)13-8-9-7-10(17)4-5-12(9)19(13)16(21)22/h2-8H,1H3,(H,21,22). The van der Waals surface area contributed by atoms with E-state index in [1.165, 1.54) is 19.4 Å². The van der Waals surface area contributed by atoms with Crippen LogP contribution in [0.5, 0.6) is 0 Å². The lowest BCUT2D eigenvalue weighted by Crippen LogP contribution is -2.12. The van der Waals surface area contributed by atoms with Crippen LogP contribution in [-0.2, 0) is 4.74 Å². The molecule has 6 nitrogen and oxygen atoms in total. The van der Waals surface area contributed by atoms with E-state index < -0.39 is 12.1 Å². The number of halogens is 1. The predicted octanol–water partition coefficient (Wildman–Crippen LogP) is 3.67. The Kier molecular flexibility index (Phi) is 3.75. The molecule has 3 aromatic rings. The number of hydrogen-bond donors (Lipinski definition) is 1. The first-order valence-corrected chi connectivity index (χ1v) is 6.98. The fourth-order valence-corrected chi connectivity index (χ4v) is 2.63. The third-order valence-electron chi connectivity index (χ3n) is 3.41. The molecule has 23 heavy (non-hydrogen) atoms. The highest BCUT2D eigenvalue weighted by molar-refractivity contribution is 6.31. The highest BCUT2D eigenvalue weighted by Crippen LogP contribution is 2.30. The maximum atomic E-state index is 11.9. The molecule has 0 amide bonds. The molecule has 0 radical (unpaired) electrons. The Bertz CT molecular complexity index is 933. The van der Waals surface area contributed by atoms with Gasteiger partial charge in [-0.25, -0.2) is 14.2 Å². The first-order valence-electron chi connectivity index (χ1n) is 6.61. The van der Waals surface area contributed by atoms with Crippen LogP contribution in [-0.4, -0.2) is 33.8 Å². The van der Waals surface area contributed by atoms with E-state index in [0.717, 1.165) is 4.57 Å². The molecule has 0 fully saturated rings. The maximum Gasteiger partial charge on any atom is 0.416 e. The molecule has 0 aliphatic heterocycles. The number of pyridine rings is 1. The molecule has 2 aromatic heterocycles. The van der Waals surface area contributed by atoms with Crippen molar-refractivity contribution in [2.45, 2.75) is 0 Å². The second-order valence-electron chi connectivity index (χ2n) is 4.74. The Hall–Kier alpha value is -2.86. The van der Waals surface area contributed by atoms with Gasteiger partial charge in [0.05, 0.1) is 23.9 Å². The number of methoxy groups -OCH3 is 1. The lowest BCUT2D eigenvalue weighted by atomic mass is 10.1. The first kappa shape index (κ1) is 15.1. The van der Waals surface area contributed by atoms with Crippen molar-refractivity contribution >= 4 is 34.6 Å². The Morgan fingerprint density at radius 2 is 2.04 bits per heavy atom. The van der Waals surface area contributed by atoms with Crippen LogP contribution in [0.3, 0.4) is 0 Å². The largest absolute Gasteiger partial charge is 0.465 e. The normalized spacial score (nSPS) is 10.7. The molecule has 0 aliphatic carbocycles. The van der Waals surface area contributed by atoms with Crippen molar-refractivity contribution < 1.29 is 19.4 Å². The van der Waals surface area contributed by atoms with Crippen molar-refractivity contribution in [3.05, 3.63) is 53.2 Å². The zero-order valence-corrected chi connectivity index (χ0v) is 12.7. The van der Waals surface area contributed by atoms with E-state index in [9.17, 15) is 14.7 Å². The minimum Gasteiger partial charge on any atom is -0.465 e. The molecule has 0 atom stereocenters. The molecule has 0 unspecified atom stereocenters. The number of carboxylic acid groups (broad SMARTS) is 1. The van der Waals surface area contributed by atoms with E-state index in [4.69, 9.17) is 16.3 Å². The molecule has 1 aromatic carbocycles. The lowest BCUT2D eigenvalue weighted by Gasteiger charge is -2.08. The number of carbonyl (C=O) groups is 2. The summed E-state index contributed by atoms with van der Waals surface area (Å²) in [5.74, 6) is -0.590. The summed E-state index contributed by atoms with van der Waals surface area (Å²) >= 11 is 5.96. The van der Waals surface area contributed by atoms with Gasteiger partial charge in [0.1, 0.15) is 5.69 Å². The summed E-state index contributed by atoms with van der Waals surface area (Å²) in [6.07, 6.45) is 0.303. The quantitative estimate of drug-likeness (QED) is 0.725. The van der Waals surface area contributed by atoms with Gasteiger partial charge >= 0.3 is 12.1 Å². The third-order valence-corrected chi connectivity index (χ3v) is 3.65. The summed E-state index contributed by atoms with van der Waals surface area (Å²) in [5.41, 5.74) is 1.15. The van der Waals surface area contributed by atoms with Gasteiger partial charge in [-0.15, -0.1) is 0 Å². The summed E-state index contributed by atoms with van der Waals surface area (Å²) in [5, 5.41) is 10.7.